The van der Waals surface area contributed by atoms with Gasteiger partial charge in [0.1, 0.15) is 12.2 Å². The lowest BCUT2D eigenvalue weighted by molar-refractivity contribution is -0.179. The van der Waals surface area contributed by atoms with E-state index in [0.717, 1.165) is 6.42 Å². The van der Waals surface area contributed by atoms with E-state index < -0.39 is 47.6 Å². The molecule has 38 heavy (non-hydrogen) atoms. The van der Waals surface area contributed by atoms with E-state index in [-0.39, 0.29) is 29.1 Å². The van der Waals surface area contributed by atoms with Crippen molar-refractivity contribution in [3.05, 3.63) is 53.9 Å². The predicted molar refractivity (Wildman–Crippen MR) is 139 cm³/mol. The number of esters is 3. The second-order valence-corrected chi connectivity index (χ2v) is 11.7. The fraction of sp³-hybridized carbons (Fsp3) is 0.567. The summed E-state index contributed by atoms with van der Waals surface area (Å²) in [5.74, 6) is -3.04. The molecule has 8 heteroatoms. The fourth-order valence-electron chi connectivity index (χ4n) is 6.71. The Morgan fingerprint density at radius 1 is 1.13 bits per heavy atom. The lowest BCUT2D eigenvalue weighted by Crippen LogP contribution is -2.55. The van der Waals surface area contributed by atoms with Crippen LogP contribution in [0.15, 0.2) is 48.3 Å². The van der Waals surface area contributed by atoms with Crippen molar-refractivity contribution in [2.45, 2.75) is 78.6 Å². The van der Waals surface area contributed by atoms with Gasteiger partial charge in [-0.05, 0) is 66.2 Å². The van der Waals surface area contributed by atoms with Crippen molar-refractivity contribution in [2.24, 2.45) is 29.1 Å². The molecule has 1 heterocycles. The molecule has 3 aliphatic carbocycles. The summed E-state index contributed by atoms with van der Waals surface area (Å²) >= 11 is 0. The largest absolute Gasteiger partial charge is 0.458 e. The minimum Gasteiger partial charge on any atom is -0.458 e. The van der Waals surface area contributed by atoms with Crippen LogP contribution < -0.4 is 0 Å². The maximum absolute atomic E-state index is 14.3. The van der Waals surface area contributed by atoms with E-state index in [1.807, 2.05) is 13.0 Å². The standard InChI is InChI=1S/C30H37NO7/c1-16-10-11-22-23(29(22,6)7)13-17(2)27(34)30(38-20(5)33)14-18(3)26(24(30)25(16)36-19(4)32)37-28(35)21-9-8-12-31-15-21/h8-9,12-13,15,18,22-26H,1,10-11,14H2,2-7H3/t18-,22-,23+,24-,25+,26-,30+/m0/s1. The first-order valence-corrected chi connectivity index (χ1v) is 13.2. The normalized spacial score (nSPS) is 34.1. The van der Waals surface area contributed by atoms with E-state index >= 15 is 0 Å². The zero-order valence-electron chi connectivity index (χ0n) is 23.0. The maximum atomic E-state index is 14.3. The fourth-order valence-corrected chi connectivity index (χ4v) is 6.71. The summed E-state index contributed by atoms with van der Waals surface area (Å²) in [5.41, 5.74) is -0.358. The molecule has 0 spiro atoms. The van der Waals surface area contributed by atoms with E-state index in [2.05, 4.69) is 25.4 Å². The Morgan fingerprint density at radius 3 is 2.45 bits per heavy atom. The van der Waals surface area contributed by atoms with Gasteiger partial charge in [0.05, 0.1) is 11.5 Å². The summed E-state index contributed by atoms with van der Waals surface area (Å²) < 4.78 is 17.8. The summed E-state index contributed by atoms with van der Waals surface area (Å²) in [6.07, 6.45) is 4.49. The molecule has 0 amide bonds. The Hall–Kier alpha value is -3.29. The number of nitrogens with zero attached hydrogens (tertiary/aromatic N) is 1. The molecule has 0 saturated heterocycles. The molecule has 7 atom stereocenters. The number of ether oxygens (including phenoxy) is 3. The number of carbonyl (C=O) groups is 4. The van der Waals surface area contributed by atoms with Gasteiger partial charge in [-0.25, -0.2) is 4.79 Å². The maximum Gasteiger partial charge on any atom is 0.339 e. The van der Waals surface area contributed by atoms with Gasteiger partial charge in [0.25, 0.3) is 0 Å². The van der Waals surface area contributed by atoms with Gasteiger partial charge >= 0.3 is 17.9 Å². The van der Waals surface area contributed by atoms with E-state index in [9.17, 15) is 19.2 Å². The number of allylic oxidation sites excluding steroid dienone is 1. The van der Waals surface area contributed by atoms with Crippen LogP contribution in [0, 0.1) is 29.1 Å². The number of fused-ring (bicyclic) bond motifs is 2. The first kappa shape index (κ1) is 27.7. The van der Waals surface area contributed by atoms with Crippen LogP contribution in [0.2, 0.25) is 0 Å². The summed E-state index contributed by atoms with van der Waals surface area (Å²) in [6, 6.07) is 3.21. The van der Waals surface area contributed by atoms with Gasteiger partial charge in [0.2, 0.25) is 5.78 Å². The molecule has 0 bridgehead atoms. The highest BCUT2D eigenvalue weighted by molar-refractivity contribution is 6.03. The lowest BCUT2D eigenvalue weighted by atomic mass is 9.76. The molecular formula is C30H37NO7. The van der Waals surface area contributed by atoms with E-state index in [0.29, 0.717) is 23.5 Å². The Labute approximate surface area is 223 Å². The van der Waals surface area contributed by atoms with Crippen molar-refractivity contribution in [1.29, 1.82) is 0 Å². The minimum atomic E-state index is -1.70. The van der Waals surface area contributed by atoms with Crippen LogP contribution in [0.25, 0.3) is 0 Å². The van der Waals surface area contributed by atoms with Crippen molar-refractivity contribution in [1.82, 2.24) is 4.98 Å². The van der Waals surface area contributed by atoms with Gasteiger partial charge < -0.3 is 14.2 Å². The van der Waals surface area contributed by atoms with Crippen LogP contribution >= 0.6 is 0 Å². The summed E-state index contributed by atoms with van der Waals surface area (Å²) in [5, 5.41) is 0. The Morgan fingerprint density at radius 2 is 1.84 bits per heavy atom. The van der Waals surface area contributed by atoms with E-state index in [4.69, 9.17) is 14.2 Å². The van der Waals surface area contributed by atoms with Gasteiger partial charge in [0, 0.05) is 32.7 Å². The minimum absolute atomic E-state index is 0.0106. The smallest absolute Gasteiger partial charge is 0.339 e. The highest BCUT2D eigenvalue weighted by atomic mass is 16.6. The summed E-state index contributed by atoms with van der Waals surface area (Å²) in [4.78, 5) is 56.3. The molecule has 0 aliphatic heterocycles. The number of aromatic nitrogens is 1. The molecule has 1 aromatic heterocycles. The second-order valence-electron chi connectivity index (χ2n) is 11.7. The molecule has 0 N–H and O–H groups in total. The SMILES string of the molecule is C=C1CC[C@H]2[C@@H](C=C(C)C(=O)[C@@]3(OC(C)=O)C[C@H](C)[C@H](OC(=O)c4cccnc4)[C@@H]3[C@@H]1OC(C)=O)C2(C)C. The molecule has 2 fully saturated rings. The summed E-state index contributed by atoms with van der Waals surface area (Å²) in [6.45, 7) is 14.7. The predicted octanol–water partition coefficient (Wildman–Crippen LogP) is 4.63. The number of ketones is 1. The van der Waals surface area contributed by atoms with Gasteiger partial charge in [-0.15, -0.1) is 0 Å². The first-order valence-electron chi connectivity index (χ1n) is 13.2. The molecule has 0 aromatic carbocycles. The lowest BCUT2D eigenvalue weighted by Gasteiger charge is -2.39. The van der Waals surface area contributed by atoms with Crippen LogP contribution in [0.1, 0.15) is 71.2 Å². The number of Topliss-reactive ketones (excluding diaryl/α,β-unsaturated/α-hetero) is 1. The van der Waals surface area contributed by atoms with Crippen molar-refractivity contribution in [3.63, 3.8) is 0 Å². The molecule has 8 nitrogen and oxygen atoms in total. The van der Waals surface area contributed by atoms with Crippen LogP contribution in [0.5, 0.6) is 0 Å². The monoisotopic (exact) mass is 523 g/mol. The van der Waals surface area contributed by atoms with E-state index in [1.54, 1.807) is 25.3 Å². The molecular weight excluding hydrogens is 486 g/mol. The quantitative estimate of drug-likeness (QED) is 0.319. The Bertz CT molecular complexity index is 1190. The highest BCUT2D eigenvalue weighted by Gasteiger charge is 2.65. The number of hydrogen-bond donors (Lipinski definition) is 0. The third-order valence-corrected chi connectivity index (χ3v) is 8.65. The molecule has 0 radical (unpaired) electrons. The number of hydrogen-bond acceptors (Lipinski definition) is 8. The third-order valence-electron chi connectivity index (χ3n) is 8.65. The van der Waals surface area contributed by atoms with Crippen molar-refractivity contribution >= 4 is 23.7 Å². The zero-order valence-corrected chi connectivity index (χ0v) is 23.0. The number of carbonyl (C=O) groups excluding carboxylic acids is 4. The summed E-state index contributed by atoms with van der Waals surface area (Å²) in [7, 11) is 0. The molecule has 0 unspecified atom stereocenters. The van der Waals surface area contributed by atoms with E-state index in [1.165, 1.54) is 20.0 Å². The van der Waals surface area contributed by atoms with Crippen LogP contribution in [-0.4, -0.2) is 46.5 Å². The van der Waals surface area contributed by atoms with Crippen molar-refractivity contribution < 1.29 is 33.4 Å². The average molecular weight is 524 g/mol. The van der Waals surface area contributed by atoms with Gasteiger partial charge in [-0.2, -0.15) is 0 Å². The second kappa shape index (κ2) is 10.1. The third kappa shape index (κ3) is 4.93. The first-order chi connectivity index (χ1) is 17.8. The molecule has 4 rings (SSSR count). The zero-order chi connectivity index (χ0) is 28.0. The molecule has 2 saturated carbocycles. The van der Waals surface area contributed by atoms with Crippen LogP contribution in [0.3, 0.4) is 0 Å². The van der Waals surface area contributed by atoms with Crippen LogP contribution in [-0.2, 0) is 28.6 Å². The van der Waals surface area contributed by atoms with Crippen molar-refractivity contribution in [2.75, 3.05) is 0 Å². The molecule has 204 valence electrons. The number of pyridine rings is 1. The number of rotatable bonds is 4. The van der Waals surface area contributed by atoms with Gasteiger partial charge in [-0.3, -0.25) is 19.4 Å². The molecule has 3 aliphatic rings. The molecule has 1 aromatic rings. The van der Waals surface area contributed by atoms with Crippen LogP contribution in [0.4, 0.5) is 0 Å². The van der Waals surface area contributed by atoms with Gasteiger partial charge in [0.15, 0.2) is 5.60 Å². The average Bonchev–Trinajstić information content (AvgIpc) is 3.24. The Balaban J connectivity index is 1.87. The topological polar surface area (TPSA) is 109 Å². The Kier molecular flexibility index (Phi) is 7.38. The van der Waals surface area contributed by atoms with Gasteiger partial charge in [-0.1, -0.05) is 33.4 Å². The highest BCUT2D eigenvalue weighted by Crippen LogP contribution is 2.62. The van der Waals surface area contributed by atoms with Crippen molar-refractivity contribution in [3.8, 4) is 0 Å².